The summed E-state index contributed by atoms with van der Waals surface area (Å²) in [6.45, 7) is 9.97. The van der Waals surface area contributed by atoms with Gasteiger partial charge in [0, 0.05) is 59.5 Å². The normalized spacial score (nSPS) is 14.3. The molecule has 11 heteroatoms. The highest BCUT2D eigenvalue weighted by Gasteiger charge is 2.21. The van der Waals surface area contributed by atoms with Crippen molar-refractivity contribution in [3.63, 3.8) is 0 Å². The lowest BCUT2D eigenvalue weighted by Gasteiger charge is -2.32. The molecular weight excluding hydrogens is 510 g/mol. The first-order valence-corrected chi connectivity index (χ1v) is 13.7. The highest BCUT2D eigenvalue weighted by molar-refractivity contribution is 7.99. The number of rotatable bonds is 7. The van der Waals surface area contributed by atoms with Crippen LogP contribution >= 0.6 is 11.8 Å². The summed E-state index contributed by atoms with van der Waals surface area (Å²) in [7, 11) is 2.12. The van der Waals surface area contributed by atoms with Crippen molar-refractivity contribution in [1.82, 2.24) is 30.0 Å². The van der Waals surface area contributed by atoms with Crippen LogP contribution in [-0.4, -0.2) is 69.2 Å². The number of nitrogens with one attached hydrogen (secondary N) is 3. The Bertz CT molecular complexity index is 1410. The van der Waals surface area contributed by atoms with Crippen molar-refractivity contribution < 1.29 is 4.79 Å². The Morgan fingerprint density at radius 3 is 2.33 bits per heavy atom. The number of nitrogens with zero attached hydrogens (tertiary/aromatic N) is 6. The monoisotopic (exact) mass is 543 g/mol. The minimum absolute atomic E-state index is 0.0508. The van der Waals surface area contributed by atoms with Crippen molar-refractivity contribution in [3.8, 4) is 0 Å². The number of hydrogen-bond acceptors (Lipinski definition) is 9. The largest absolute Gasteiger partial charge is 0.338 e. The van der Waals surface area contributed by atoms with E-state index in [-0.39, 0.29) is 11.3 Å². The second kappa shape index (κ2) is 11.4. The minimum atomic E-state index is -0.144. The van der Waals surface area contributed by atoms with E-state index in [4.69, 9.17) is 9.97 Å². The zero-order chi connectivity index (χ0) is 27.4. The predicted molar refractivity (Wildman–Crippen MR) is 155 cm³/mol. The van der Waals surface area contributed by atoms with E-state index in [9.17, 15) is 4.79 Å². The lowest BCUT2D eigenvalue weighted by atomic mass is 9.92. The number of amides is 1. The van der Waals surface area contributed by atoms with Gasteiger partial charge in [0.15, 0.2) is 11.0 Å². The topological polar surface area (TPSA) is 115 Å². The highest BCUT2D eigenvalue weighted by Crippen LogP contribution is 2.29. The molecule has 0 spiro atoms. The van der Waals surface area contributed by atoms with Crippen LogP contribution in [0.4, 0.5) is 23.4 Å². The van der Waals surface area contributed by atoms with E-state index >= 15 is 0 Å². The average Bonchev–Trinajstić information content (AvgIpc) is 3.40. The number of aromatic nitrogens is 5. The molecule has 1 fully saturated rings. The third-order valence-electron chi connectivity index (χ3n) is 6.37. The maximum absolute atomic E-state index is 12.5. The molecule has 0 bridgehead atoms. The van der Waals surface area contributed by atoms with Gasteiger partial charge in [-0.15, -0.1) is 0 Å². The lowest BCUT2D eigenvalue weighted by molar-refractivity contribution is 0.102. The van der Waals surface area contributed by atoms with Gasteiger partial charge in [0.1, 0.15) is 0 Å². The smallest absolute Gasteiger partial charge is 0.255 e. The van der Waals surface area contributed by atoms with Crippen LogP contribution < -0.4 is 15.5 Å². The number of benzene rings is 2. The molecule has 39 heavy (non-hydrogen) atoms. The van der Waals surface area contributed by atoms with Gasteiger partial charge in [-0.2, -0.15) is 20.1 Å². The van der Waals surface area contributed by atoms with Crippen LogP contribution in [0.1, 0.15) is 36.8 Å². The minimum Gasteiger partial charge on any atom is -0.338 e. The van der Waals surface area contributed by atoms with Gasteiger partial charge in [-0.1, -0.05) is 39.0 Å². The molecule has 1 aliphatic heterocycles. The van der Waals surface area contributed by atoms with E-state index in [0.29, 0.717) is 28.4 Å². The number of likely N-dealkylation sites (N-methyl/N-ethyl adjacent to an activating group) is 1. The fraction of sp³-hybridized carbons (Fsp3) is 0.321. The molecule has 5 rings (SSSR count). The molecule has 0 aliphatic carbocycles. The van der Waals surface area contributed by atoms with E-state index in [0.717, 1.165) is 42.5 Å². The van der Waals surface area contributed by atoms with Gasteiger partial charge in [-0.3, -0.25) is 9.89 Å². The molecule has 0 radical (unpaired) electrons. The molecule has 202 valence electrons. The van der Waals surface area contributed by atoms with Crippen LogP contribution in [0.3, 0.4) is 0 Å². The molecule has 0 atom stereocenters. The van der Waals surface area contributed by atoms with Crippen molar-refractivity contribution >= 4 is 41.1 Å². The van der Waals surface area contributed by atoms with Crippen molar-refractivity contribution in [3.05, 3.63) is 71.9 Å². The Hall–Kier alpha value is -3.96. The lowest BCUT2D eigenvalue weighted by Crippen LogP contribution is -2.45. The van der Waals surface area contributed by atoms with E-state index in [1.165, 1.54) is 11.8 Å². The number of aromatic amines is 1. The molecule has 2 aromatic heterocycles. The SMILES string of the molecule is CN1CCN(c2nc(Nc3cc(C(C)(C)C)[nH]n3)nc(Sc3ccc(NC(=O)c4ccccc4)cc3)n2)CC1. The Morgan fingerprint density at radius 1 is 0.949 bits per heavy atom. The first-order valence-electron chi connectivity index (χ1n) is 12.9. The average molecular weight is 544 g/mol. The molecule has 1 aliphatic rings. The summed E-state index contributed by atoms with van der Waals surface area (Å²) in [5, 5.41) is 14.3. The Labute approximate surface area is 232 Å². The number of carbonyl (C=O) groups is 1. The van der Waals surface area contributed by atoms with Gasteiger partial charge < -0.3 is 20.4 Å². The molecule has 1 amide bonds. The number of anilines is 4. The number of hydrogen-bond donors (Lipinski definition) is 3. The summed E-state index contributed by atoms with van der Waals surface area (Å²) in [6, 6.07) is 18.8. The molecule has 3 N–H and O–H groups in total. The molecule has 1 saturated heterocycles. The van der Waals surface area contributed by atoms with Gasteiger partial charge in [0.2, 0.25) is 11.9 Å². The quantitative estimate of drug-likeness (QED) is 0.303. The molecular formula is C28H33N9OS. The fourth-order valence-electron chi connectivity index (χ4n) is 3.98. The molecule has 10 nitrogen and oxygen atoms in total. The van der Waals surface area contributed by atoms with Crippen LogP contribution in [-0.2, 0) is 5.41 Å². The zero-order valence-corrected chi connectivity index (χ0v) is 23.4. The van der Waals surface area contributed by atoms with Crippen molar-refractivity contribution in [1.29, 1.82) is 0 Å². The van der Waals surface area contributed by atoms with E-state index in [2.05, 4.69) is 63.4 Å². The van der Waals surface area contributed by atoms with Crippen LogP contribution in [0, 0.1) is 0 Å². The molecule has 0 saturated carbocycles. The van der Waals surface area contributed by atoms with Crippen LogP contribution in [0.5, 0.6) is 0 Å². The summed E-state index contributed by atoms with van der Waals surface area (Å²) in [5.41, 5.74) is 2.30. The summed E-state index contributed by atoms with van der Waals surface area (Å²) in [6.07, 6.45) is 0. The van der Waals surface area contributed by atoms with Crippen molar-refractivity contribution in [2.75, 3.05) is 48.8 Å². The molecule has 3 heterocycles. The second-order valence-corrected chi connectivity index (χ2v) is 11.6. The fourth-order valence-corrected chi connectivity index (χ4v) is 4.73. The Kier molecular flexibility index (Phi) is 7.80. The maximum atomic E-state index is 12.5. The third kappa shape index (κ3) is 6.92. The zero-order valence-electron chi connectivity index (χ0n) is 22.6. The predicted octanol–water partition coefficient (Wildman–Crippen LogP) is 4.79. The number of H-pyrrole nitrogens is 1. The second-order valence-electron chi connectivity index (χ2n) is 10.5. The first-order chi connectivity index (χ1) is 18.7. The van der Waals surface area contributed by atoms with Gasteiger partial charge in [-0.05, 0) is 55.2 Å². The van der Waals surface area contributed by atoms with E-state index in [1.807, 2.05) is 48.5 Å². The van der Waals surface area contributed by atoms with Gasteiger partial charge in [0.25, 0.3) is 5.91 Å². The molecule has 4 aromatic rings. The highest BCUT2D eigenvalue weighted by atomic mass is 32.2. The Morgan fingerprint density at radius 2 is 1.67 bits per heavy atom. The van der Waals surface area contributed by atoms with E-state index < -0.39 is 0 Å². The number of piperazine rings is 1. The van der Waals surface area contributed by atoms with Gasteiger partial charge in [0.05, 0.1) is 0 Å². The van der Waals surface area contributed by atoms with Gasteiger partial charge >= 0.3 is 0 Å². The summed E-state index contributed by atoms with van der Waals surface area (Å²) < 4.78 is 0. The summed E-state index contributed by atoms with van der Waals surface area (Å²) in [4.78, 5) is 32.1. The summed E-state index contributed by atoms with van der Waals surface area (Å²) >= 11 is 1.44. The van der Waals surface area contributed by atoms with Gasteiger partial charge in [-0.25, -0.2) is 0 Å². The van der Waals surface area contributed by atoms with Crippen LogP contribution in [0.2, 0.25) is 0 Å². The standard InChI is InChI=1S/C28H33N9OS/c1-28(2,3)22-18-23(35-34-22)30-25-31-26(37-16-14-36(4)15-17-37)33-27(32-25)39-21-12-10-20(11-13-21)29-24(38)19-8-6-5-7-9-19/h5-13,18H,14-17H2,1-4H3,(H,29,38)(H2,30,31,32,33,34,35). The van der Waals surface area contributed by atoms with Crippen molar-refractivity contribution in [2.45, 2.75) is 36.2 Å². The molecule has 0 unspecified atom stereocenters. The number of carbonyl (C=O) groups excluding carboxylic acids is 1. The van der Waals surface area contributed by atoms with Crippen molar-refractivity contribution in [2.24, 2.45) is 0 Å². The first kappa shape index (κ1) is 26.6. The Balaban J connectivity index is 1.34. The molecule has 2 aromatic carbocycles. The van der Waals surface area contributed by atoms with Crippen LogP contribution in [0.25, 0.3) is 0 Å². The maximum Gasteiger partial charge on any atom is 0.255 e. The summed E-state index contributed by atoms with van der Waals surface area (Å²) in [5.74, 6) is 1.60. The third-order valence-corrected chi connectivity index (χ3v) is 7.25. The van der Waals surface area contributed by atoms with E-state index in [1.54, 1.807) is 12.1 Å². The van der Waals surface area contributed by atoms with Crippen LogP contribution in [0.15, 0.2) is 70.7 Å².